The molecule has 0 radical (unpaired) electrons. The Morgan fingerprint density at radius 1 is 1.10 bits per heavy atom. The van der Waals surface area contributed by atoms with Crippen LogP contribution in [0.1, 0.15) is 30.1 Å². The Hall–Kier alpha value is -1.33. The Morgan fingerprint density at radius 3 is 2.43 bits per heavy atom. The Balaban J connectivity index is 2.58. The summed E-state index contributed by atoms with van der Waals surface area (Å²) in [5, 5.41) is 0. The highest BCUT2D eigenvalue weighted by atomic mass is 19.2. The molecule has 0 aromatic heterocycles. The normalized spacial score (nSPS) is 11.4. The van der Waals surface area contributed by atoms with Gasteiger partial charge in [-0.3, -0.25) is 4.79 Å². The molecule has 0 fully saturated rings. The third kappa shape index (κ3) is 5.89. The van der Waals surface area contributed by atoms with Crippen LogP contribution in [-0.4, -0.2) is 55.9 Å². The van der Waals surface area contributed by atoms with Crippen molar-refractivity contribution in [2.45, 2.75) is 19.8 Å². The van der Waals surface area contributed by atoms with Crippen LogP contribution >= 0.6 is 0 Å². The van der Waals surface area contributed by atoms with Gasteiger partial charge in [-0.25, -0.2) is 8.78 Å². The zero-order valence-corrected chi connectivity index (χ0v) is 13.0. The number of ketones is 1. The van der Waals surface area contributed by atoms with Gasteiger partial charge in [0.2, 0.25) is 0 Å². The topological polar surface area (TPSA) is 23.6 Å². The minimum absolute atomic E-state index is 0.154. The predicted molar refractivity (Wildman–Crippen MR) is 80.6 cm³/mol. The van der Waals surface area contributed by atoms with Crippen molar-refractivity contribution in [1.29, 1.82) is 0 Å². The highest BCUT2D eigenvalue weighted by Gasteiger charge is 2.16. The van der Waals surface area contributed by atoms with Crippen LogP contribution in [0.25, 0.3) is 0 Å². The fraction of sp³-hybridized carbons (Fsp3) is 0.562. The summed E-state index contributed by atoms with van der Waals surface area (Å²) in [5.74, 6) is -2.37. The molecule has 1 aromatic rings. The van der Waals surface area contributed by atoms with Crippen LogP contribution < -0.4 is 0 Å². The van der Waals surface area contributed by atoms with Crippen LogP contribution in [0.3, 0.4) is 0 Å². The van der Waals surface area contributed by atoms with E-state index >= 15 is 0 Å². The quantitative estimate of drug-likeness (QED) is 0.655. The van der Waals surface area contributed by atoms with Crippen molar-refractivity contribution in [1.82, 2.24) is 9.80 Å². The van der Waals surface area contributed by atoms with Crippen LogP contribution in [0.5, 0.6) is 0 Å². The third-order valence-corrected chi connectivity index (χ3v) is 3.31. The monoisotopic (exact) mass is 298 g/mol. The molecule has 3 nitrogen and oxygen atoms in total. The van der Waals surface area contributed by atoms with E-state index in [0.717, 1.165) is 32.1 Å². The lowest BCUT2D eigenvalue weighted by Crippen LogP contribution is -2.34. The summed E-state index contributed by atoms with van der Waals surface area (Å²) >= 11 is 0. The molecule has 0 aliphatic rings. The molecule has 0 aliphatic heterocycles. The van der Waals surface area contributed by atoms with Gasteiger partial charge in [0.1, 0.15) is 0 Å². The summed E-state index contributed by atoms with van der Waals surface area (Å²) < 4.78 is 26.7. The molecule has 0 aliphatic carbocycles. The second-order valence-electron chi connectivity index (χ2n) is 5.42. The first-order valence-electron chi connectivity index (χ1n) is 7.30. The lowest BCUT2D eigenvalue weighted by Gasteiger charge is -2.23. The molecule has 0 unspecified atom stereocenters. The van der Waals surface area contributed by atoms with Crippen LogP contribution in [0.4, 0.5) is 8.78 Å². The second-order valence-corrected chi connectivity index (χ2v) is 5.42. The van der Waals surface area contributed by atoms with E-state index in [-0.39, 0.29) is 17.8 Å². The van der Waals surface area contributed by atoms with Crippen LogP contribution in [-0.2, 0) is 0 Å². The fourth-order valence-electron chi connectivity index (χ4n) is 2.11. The molecule has 21 heavy (non-hydrogen) atoms. The van der Waals surface area contributed by atoms with Gasteiger partial charge in [-0.2, -0.15) is 0 Å². The van der Waals surface area contributed by atoms with E-state index in [1.54, 1.807) is 0 Å². The molecule has 118 valence electrons. The number of hydrogen-bond donors (Lipinski definition) is 0. The maximum absolute atomic E-state index is 13.6. The van der Waals surface area contributed by atoms with Gasteiger partial charge in [-0.05, 0) is 39.2 Å². The van der Waals surface area contributed by atoms with Crippen molar-refractivity contribution in [3.05, 3.63) is 35.4 Å². The average molecular weight is 298 g/mol. The van der Waals surface area contributed by atoms with E-state index in [1.165, 1.54) is 12.1 Å². The second kappa shape index (κ2) is 8.85. The summed E-state index contributed by atoms with van der Waals surface area (Å²) in [6, 6.07) is 3.72. The van der Waals surface area contributed by atoms with Crippen LogP contribution in [0.15, 0.2) is 18.2 Å². The third-order valence-electron chi connectivity index (χ3n) is 3.31. The number of nitrogens with zero attached hydrogens (tertiary/aromatic N) is 2. The fourth-order valence-corrected chi connectivity index (χ4v) is 2.11. The van der Waals surface area contributed by atoms with Gasteiger partial charge in [0, 0.05) is 26.1 Å². The van der Waals surface area contributed by atoms with Crippen molar-refractivity contribution in [2.24, 2.45) is 0 Å². The summed E-state index contributed by atoms with van der Waals surface area (Å²) in [4.78, 5) is 16.3. The molecule has 0 saturated carbocycles. The van der Waals surface area contributed by atoms with Gasteiger partial charge < -0.3 is 9.80 Å². The Bertz CT molecular complexity index is 464. The molecule has 0 spiro atoms. The number of likely N-dealkylation sites (N-methyl/N-ethyl adjacent to an activating group) is 1. The van der Waals surface area contributed by atoms with E-state index in [4.69, 9.17) is 0 Å². The van der Waals surface area contributed by atoms with Gasteiger partial charge in [-0.15, -0.1) is 0 Å². The van der Waals surface area contributed by atoms with E-state index in [1.807, 2.05) is 14.1 Å². The highest BCUT2D eigenvalue weighted by Crippen LogP contribution is 2.13. The van der Waals surface area contributed by atoms with Gasteiger partial charge in [0.05, 0.1) is 5.56 Å². The summed E-state index contributed by atoms with van der Waals surface area (Å²) in [7, 11) is 3.99. The standard InChI is InChI=1S/C16H24F2N2O/c1-4-9-20(12-11-19(2)3)10-8-15(21)13-6-5-7-14(17)16(13)18/h5-7H,4,8-12H2,1-3H3. The number of Topliss-reactive ketones (excluding diaryl/α,β-unsaturated/α-hetero) is 1. The van der Waals surface area contributed by atoms with Gasteiger partial charge >= 0.3 is 0 Å². The van der Waals surface area contributed by atoms with E-state index in [9.17, 15) is 13.6 Å². The van der Waals surface area contributed by atoms with Gasteiger partial charge in [0.25, 0.3) is 0 Å². The first-order valence-corrected chi connectivity index (χ1v) is 7.30. The lowest BCUT2D eigenvalue weighted by molar-refractivity contribution is 0.0957. The highest BCUT2D eigenvalue weighted by molar-refractivity contribution is 5.96. The number of halogens is 2. The van der Waals surface area contributed by atoms with Gasteiger partial charge in [0.15, 0.2) is 17.4 Å². The average Bonchev–Trinajstić information content (AvgIpc) is 2.44. The van der Waals surface area contributed by atoms with Crippen LogP contribution in [0, 0.1) is 11.6 Å². The summed E-state index contributed by atoms with van der Waals surface area (Å²) in [5.41, 5.74) is -0.154. The zero-order chi connectivity index (χ0) is 15.8. The van der Waals surface area contributed by atoms with E-state index < -0.39 is 11.6 Å². The smallest absolute Gasteiger partial charge is 0.169 e. The van der Waals surface area contributed by atoms with E-state index in [0.29, 0.717) is 6.54 Å². The molecule has 0 atom stereocenters. The molecular weight excluding hydrogens is 274 g/mol. The molecule has 0 bridgehead atoms. The molecule has 1 rings (SSSR count). The first kappa shape index (κ1) is 17.7. The molecule has 0 N–H and O–H groups in total. The number of rotatable bonds is 9. The minimum Gasteiger partial charge on any atom is -0.308 e. The number of hydrogen-bond acceptors (Lipinski definition) is 3. The molecule has 0 heterocycles. The molecular formula is C16H24F2N2O. The largest absolute Gasteiger partial charge is 0.308 e. The zero-order valence-electron chi connectivity index (χ0n) is 13.0. The molecule has 5 heteroatoms. The van der Waals surface area contributed by atoms with E-state index in [2.05, 4.69) is 16.7 Å². The summed E-state index contributed by atoms with van der Waals surface area (Å²) in [6.45, 7) is 5.31. The molecule has 0 amide bonds. The maximum Gasteiger partial charge on any atom is 0.169 e. The number of benzene rings is 1. The van der Waals surface area contributed by atoms with Crippen LogP contribution in [0.2, 0.25) is 0 Å². The van der Waals surface area contributed by atoms with Crippen molar-refractivity contribution < 1.29 is 13.6 Å². The minimum atomic E-state index is -1.04. The Labute approximate surface area is 125 Å². The van der Waals surface area contributed by atoms with Crippen molar-refractivity contribution in [3.63, 3.8) is 0 Å². The summed E-state index contributed by atoms with van der Waals surface area (Å²) in [6.07, 6.45) is 1.20. The van der Waals surface area contributed by atoms with Gasteiger partial charge in [-0.1, -0.05) is 13.0 Å². The predicted octanol–water partition coefficient (Wildman–Crippen LogP) is 2.81. The van der Waals surface area contributed by atoms with Crippen molar-refractivity contribution >= 4 is 5.78 Å². The Kier molecular flexibility index (Phi) is 7.47. The lowest BCUT2D eigenvalue weighted by atomic mass is 10.1. The SMILES string of the molecule is CCCN(CCC(=O)c1cccc(F)c1F)CCN(C)C. The Morgan fingerprint density at radius 2 is 1.81 bits per heavy atom. The van der Waals surface area contributed by atoms with Crippen molar-refractivity contribution in [2.75, 3.05) is 40.3 Å². The number of carbonyl (C=O) groups is 1. The maximum atomic E-state index is 13.6. The first-order chi connectivity index (χ1) is 9.95. The molecule has 1 aromatic carbocycles. The molecule has 0 saturated heterocycles. The van der Waals surface area contributed by atoms with Crippen molar-refractivity contribution in [3.8, 4) is 0 Å². The number of carbonyl (C=O) groups excluding carboxylic acids is 1.